The molecule has 4 heterocycles. The summed E-state index contributed by atoms with van der Waals surface area (Å²) in [6, 6.07) is 13.6. The highest BCUT2D eigenvalue weighted by atomic mass is 19.1. The maximum Gasteiger partial charge on any atom is 0.295 e. The Balaban J connectivity index is 1.74. The van der Waals surface area contributed by atoms with Crippen LogP contribution in [0.1, 0.15) is 28.6 Å². The van der Waals surface area contributed by atoms with Gasteiger partial charge in [-0.15, -0.1) is 0 Å². The van der Waals surface area contributed by atoms with Gasteiger partial charge in [-0.1, -0.05) is 30.3 Å². The Kier molecular flexibility index (Phi) is 4.97. The van der Waals surface area contributed by atoms with Crippen LogP contribution in [0.25, 0.3) is 11.4 Å². The Bertz CT molecular complexity index is 1430. The molecule has 1 N–H and O–H groups in total. The Morgan fingerprint density at radius 2 is 1.88 bits per heavy atom. The van der Waals surface area contributed by atoms with Crippen molar-refractivity contribution in [2.24, 2.45) is 0 Å². The van der Waals surface area contributed by atoms with Crippen molar-refractivity contribution < 1.29 is 19.1 Å². The van der Waals surface area contributed by atoms with Gasteiger partial charge in [0, 0.05) is 30.7 Å². The van der Waals surface area contributed by atoms with Gasteiger partial charge in [-0.3, -0.25) is 19.0 Å². The van der Waals surface area contributed by atoms with Crippen molar-refractivity contribution in [3.8, 4) is 0 Å². The molecule has 1 amide bonds. The van der Waals surface area contributed by atoms with Gasteiger partial charge < -0.3 is 10.0 Å². The number of imidazole rings is 1. The summed E-state index contributed by atoms with van der Waals surface area (Å²) in [4.78, 5) is 36.1. The maximum absolute atomic E-state index is 14.9. The minimum Gasteiger partial charge on any atom is -0.505 e. The lowest BCUT2D eigenvalue weighted by Crippen LogP contribution is -2.29. The number of fused-ring (bicyclic) bond motifs is 1. The van der Waals surface area contributed by atoms with Crippen molar-refractivity contribution in [1.82, 2.24) is 19.3 Å². The molecule has 3 aromatic heterocycles. The average Bonchev–Trinajstić information content (AvgIpc) is 3.28. The topological polar surface area (TPSA) is 87.8 Å². The van der Waals surface area contributed by atoms with Gasteiger partial charge in [-0.25, -0.2) is 9.37 Å². The molecule has 4 aromatic rings. The fourth-order valence-electron chi connectivity index (χ4n) is 4.28. The number of aromatic nitrogens is 3. The number of aliphatic hydroxyl groups is 1. The largest absolute Gasteiger partial charge is 0.505 e. The number of pyridine rings is 2. The number of hydrogen-bond acceptors (Lipinski definition) is 5. The van der Waals surface area contributed by atoms with Gasteiger partial charge in [-0.2, -0.15) is 0 Å². The molecular formula is C25H19FN4O3. The van der Waals surface area contributed by atoms with Crippen LogP contribution in [-0.4, -0.2) is 36.1 Å². The quantitative estimate of drug-likeness (QED) is 0.295. The summed E-state index contributed by atoms with van der Waals surface area (Å²) in [5, 5.41) is 11.4. The number of Topliss-reactive ketones (excluding diaryl/α,β-unsaturated/α-hetero) is 1. The first-order valence-electron chi connectivity index (χ1n) is 10.3. The van der Waals surface area contributed by atoms with Crippen LogP contribution < -0.4 is 0 Å². The number of rotatable bonds is 4. The molecule has 1 aromatic carbocycles. The van der Waals surface area contributed by atoms with Crippen LogP contribution in [0.5, 0.6) is 0 Å². The molecule has 1 aliphatic rings. The Morgan fingerprint density at radius 1 is 1.09 bits per heavy atom. The van der Waals surface area contributed by atoms with Crippen LogP contribution in [0.3, 0.4) is 0 Å². The van der Waals surface area contributed by atoms with E-state index in [1.165, 1.54) is 23.1 Å². The van der Waals surface area contributed by atoms with Gasteiger partial charge in [0.2, 0.25) is 0 Å². The number of nitrogens with zero attached hydrogens (tertiary/aromatic N) is 4. The van der Waals surface area contributed by atoms with E-state index in [2.05, 4.69) is 9.97 Å². The van der Waals surface area contributed by atoms with E-state index in [1.807, 2.05) is 0 Å². The third kappa shape index (κ3) is 3.36. The number of halogens is 1. The van der Waals surface area contributed by atoms with Crippen LogP contribution in [0.2, 0.25) is 0 Å². The third-order valence-electron chi connectivity index (χ3n) is 5.74. The zero-order chi connectivity index (χ0) is 23.1. The first kappa shape index (κ1) is 20.6. The number of carbonyl (C=O) groups excluding carboxylic acids is 2. The van der Waals surface area contributed by atoms with Gasteiger partial charge in [0.05, 0.1) is 17.3 Å². The molecule has 0 saturated carbocycles. The molecule has 1 atom stereocenters. The first-order valence-corrected chi connectivity index (χ1v) is 10.3. The smallest absolute Gasteiger partial charge is 0.295 e. The molecule has 33 heavy (non-hydrogen) atoms. The molecule has 1 fully saturated rings. The Labute approximate surface area is 188 Å². The van der Waals surface area contributed by atoms with Crippen LogP contribution in [0.4, 0.5) is 4.39 Å². The second kappa shape index (κ2) is 7.98. The summed E-state index contributed by atoms with van der Waals surface area (Å²) in [5.41, 5.74) is 1.95. The van der Waals surface area contributed by atoms with Crippen molar-refractivity contribution in [3.05, 3.63) is 107 Å². The molecule has 8 heteroatoms. The van der Waals surface area contributed by atoms with Gasteiger partial charge in [0.25, 0.3) is 11.7 Å². The second-order valence-corrected chi connectivity index (χ2v) is 7.78. The minimum atomic E-state index is -1.11. The summed E-state index contributed by atoms with van der Waals surface area (Å²) in [5.74, 6) is -2.68. The van der Waals surface area contributed by atoms with E-state index in [0.29, 0.717) is 16.9 Å². The number of carbonyl (C=O) groups is 2. The Hall–Kier alpha value is -4.33. The van der Waals surface area contributed by atoms with Crippen LogP contribution >= 0.6 is 0 Å². The summed E-state index contributed by atoms with van der Waals surface area (Å²) in [6.45, 7) is 1.73. The van der Waals surface area contributed by atoms with E-state index in [0.717, 1.165) is 0 Å². The van der Waals surface area contributed by atoms with Crippen molar-refractivity contribution in [2.75, 3.05) is 0 Å². The fraction of sp³-hybridized carbons (Fsp3) is 0.120. The van der Waals surface area contributed by atoms with Crippen molar-refractivity contribution in [3.63, 3.8) is 0 Å². The number of hydrogen-bond donors (Lipinski definition) is 1. The van der Waals surface area contributed by atoms with Gasteiger partial charge >= 0.3 is 0 Å². The molecular weight excluding hydrogens is 423 g/mol. The zero-order valence-electron chi connectivity index (χ0n) is 17.6. The van der Waals surface area contributed by atoms with Gasteiger partial charge in [0.15, 0.2) is 5.76 Å². The van der Waals surface area contributed by atoms with Crippen LogP contribution in [0, 0.1) is 12.7 Å². The molecule has 1 saturated heterocycles. The Morgan fingerprint density at radius 3 is 2.64 bits per heavy atom. The fourth-order valence-corrected chi connectivity index (χ4v) is 4.28. The number of aryl methyl sites for hydroxylation is 1. The maximum atomic E-state index is 14.9. The predicted molar refractivity (Wildman–Crippen MR) is 118 cm³/mol. The lowest BCUT2D eigenvalue weighted by Gasteiger charge is -2.25. The SMILES string of the molecule is Cc1nc2ccccn2c1/C(O)=C1\C(=O)C(=O)N(Cc2cccnc2)C1c1ccccc1F. The lowest BCUT2D eigenvalue weighted by atomic mass is 9.95. The third-order valence-corrected chi connectivity index (χ3v) is 5.74. The highest BCUT2D eigenvalue weighted by molar-refractivity contribution is 6.46. The number of aliphatic hydroxyl groups excluding tert-OH is 1. The summed E-state index contributed by atoms with van der Waals surface area (Å²) < 4.78 is 16.6. The van der Waals surface area contributed by atoms with Gasteiger partial charge in [0.1, 0.15) is 17.2 Å². The molecule has 0 radical (unpaired) electrons. The monoisotopic (exact) mass is 442 g/mol. The summed E-state index contributed by atoms with van der Waals surface area (Å²) in [6.07, 6.45) is 4.88. The number of benzene rings is 1. The minimum absolute atomic E-state index is 0.0281. The molecule has 1 aliphatic heterocycles. The van der Waals surface area contributed by atoms with E-state index in [4.69, 9.17) is 0 Å². The molecule has 0 spiro atoms. The summed E-state index contributed by atoms with van der Waals surface area (Å²) in [7, 11) is 0. The standard InChI is InChI=1S/C25H19FN4O3/c1-15-21(29-12-5-4-10-19(29)28-15)23(31)20-22(17-8-2-3-9-18(17)26)30(25(33)24(20)32)14-16-7-6-11-27-13-16/h2-13,22,31H,14H2,1H3/b23-20+. The van der Waals surface area contributed by atoms with E-state index in [9.17, 15) is 19.1 Å². The zero-order valence-corrected chi connectivity index (χ0v) is 17.6. The summed E-state index contributed by atoms with van der Waals surface area (Å²) >= 11 is 0. The molecule has 164 valence electrons. The number of ketones is 1. The molecule has 0 aliphatic carbocycles. The van der Waals surface area contributed by atoms with Crippen LogP contribution in [-0.2, 0) is 16.1 Å². The average molecular weight is 442 g/mol. The molecule has 5 rings (SSSR count). The van der Waals surface area contributed by atoms with Crippen molar-refractivity contribution in [2.45, 2.75) is 19.5 Å². The van der Waals surface area contributed by atoms with E-state index >= 15 is 0 Å². The number of amides is 1. The predicted octanol–water partition coefficient (Wildman–Crippen LogP) is 3.80. The highest BCUT2D eigenvalue weighted by Crippen LogP contribution is 2.41. The molecule has 1 unspecified atom stereocenters. The second-order valence-electron chi connectivity index (χ2n) is 7.78. The lowest BCUT2D eigenvalue weighted by molar-refractivity contribution is -0.140. The molecule has 7 nitrogen and oxygen atoms in total. The number of likely N-dealkylation sites (tertiary alicyclic amines) is 1. The molecule has 0 bridgehead atoms. The van der Waals surface area contributed by atoms with Gasteiger partial charge in [-0.05, 0) is 36.8 Å². The highest BCUT2D eigenvalue weighted by Gasteiger charge is 2.47. The van der Waals surface area contributed by atoms with Crippen molar-refractivity contribution >= 4 is 23.1 Å². The van der Waals surface area contributed by atoms with E-state index in [1.54, 1.807) is 66.3 Å². The van der Waals surface area contributed by atoms with Crippen molar-refractivity contribution in [1.29, 1.82) is 0 Å². The normalized spacial score (nSPS) is 17.8. The van der Waals surface area contributed by atoms with E-state index in [-0.39, 0.29) is 23.4 Å². The van der Waals surface area contributed by atoms with E-state index < -0.39 is 29.3 Å². The van der Waals surface area contributed by atoms with Crippen LogP contribution in [0.15, 0.2) is 78.8 Å². The first-order chi connectivity index (χ1) is 16.0.